The topological polar surface area (TPSA) is 84.5 Å². The van der Waals surface area contributed by atoms with Gasteiger partial charge in [0.25, 0.3) is 0 Å². The zero-order chi connectivity index (χ0) is 30.8. The van der Waals surface area contributed by atoms with Gasteiger partial charge in [0.15, 0.2) is 23.0 Å². The van der Waals surface area contributed by atoms with Crippen molar-refractivity contribution in [3.05, 3.63) is 76.9 Å². The van der Waals surface area contributed by atoms with Crippen molar-refractivity contribution in [1.29, 1.82) is 0 Å². The molecule has 0 radical (unpaired) electrons. The maximum atomic E-state index is 13.2. The molecule has 0 aromatic heterocycles. The van der Waals surface area contributed by atoms with E-state index in [1.54, 1.807) is 28.4 Å². The highest BCUT2D eigenvalue weighted by atomic mass is 16.5. The highest BCUT2D eigenvalue weighted by Crippen LogP contribution is 2.40. The first-order valence-corrected chi connectivity index (χ1v) is 14.8. The summed E-state index contributed by atoms with van der Waals surface area (Å²) in [4.78, 5) is 17.7. The number of nitrogens with zero attached hydrogens (tertiary/aromatic N) is 2. The van der Waals surface area contributed by atoms with E-state index in [0.29, 0.717) is 36.0 Å². The first-order chi connectivity index (χ1) is 20.8. The van der Waals surface area contributed by atoms with E-state index in [0.717, 1.165) is 54.9 Å². The van der Waals surface area contributed by atoms with E-state index in [4.69, 9.17) is 18.9 Å². The van der Waals surface area contributed by atoms with Gasteiger partial charge in [-0.1, -0.05) is 18.2 Å². The van der Waals surface area contributed by atoms with Crippen molar-refractivity contribution in [3.63, 3.8) is 0 Å². The molecule has 1 heterocycles. The fraction of sp³-hybridized carbons (Fsp3) is 0.441. The van der Waals surface area contributed by atoms with Crippen molar-refractivity contribution in [2.24, 2.45) is 0 Å². The van der Waals surface area contributed by atoms with E-state index in [1.165, 1.54) is 5.56 Å². The minimum Gasteiger partial charge on any atom is -0.493 e. The van der Waals surface area contributed by atoms with Gasteiger partial charge in [0.05, 0.1) is 35.0 Å². The number of benzene rings is 3. The normalized spacial score (nSPS) is 14.6. The molecule has 3 aromatic rings. The first-order valence-electron chi connectivity index (χ1n) is 14.8. The predicted molar refractivity (Wildman–Crippen MR) is 171 cm³/mol. The summed E-state index contributed by atoms with van der Waals surface area (Å²) in [5, 5.41) is 6.58. The number of carbonyl (C=O) groups excluding carboxylic acids is 1. The second-order valence-electron chi connectivity index (χ2n) is 11.1. The van der Waals surface area contributed by atoms with Crippen LogP contribution in [0, 0.1) is 0 Å². The van der Waals surface area contributed by atoms with Crippen LogP contribution in [-0.2, 0) is 24.2 Å². The quantitative estimate of drug-likeness (QED) is 0.250. The summed E-state index contributed by atoms with van der Waals surface area (Å²) in [5.41, 5.74) is 5.59. The molecular formula is C34H46N4O5. The van der Waals surface area contributed by atoms with E-state index in [2.05, 4.69) is 77.0 Å². The number of hydrogen-bond acceptors (Lipinski definition) is 8. The molecule has 2 N–H and O–H groups in total. The smallest absolute Gasteiger partial charge is 0.234 e. The van der Waals surface area contributed by atoms with Crippen LogP contribution in [0.2, 0.25) is 0 Å². The number of carbonyl (C=O) groups is 1. The molecule has 9 heteroatoms. The molecule has 1 atom stereocenters. The van der Waals surface area contributed by atoms with Gasteiger partial charge in [-0.25, -0.2) is 0 Å². The minimum absolute atomic E-state index is 0.00729. The van der Waals surface area contributed by atoms with Crippen LogP contribution >= 0.6 is 0 Å². The van der Waals surface area contributed by atoms with Gasteiger partial charge >= 0.3 is 0 Å². The maximum absolute atomic E-state index is 13.2. The maximum Gasteiger partial charge on any atom is 0.234 e. The summed E-state index contributed by atoms with van der Waals surface area (Å²) in [5.74, 6) is 2.76. The van der Waals surface area contributed by atoms with Gasteiger partial charge in [0.1, 0.15) is 0 Å². The fourth-order valence-electron chi connectivity index (χ4n) is 5.55. The monoisotopic (exact) mass is 590 g/mol. The largest absolute Gasteiger partial charge is 0.493 e. The van der Waals surface area contributed by atoms with Crippen molar-refractivity contribution in [2.75, 3.05) is 74.0 Å². The summed E-state index contributed by atoms with van der Waals surface area (Å²) >= 11 is 0. The van der Waals surface area contributed by atoms with Crippen LogP contribution < -0.4 is 29.6 Å². The Kier molecular flexibility index (Phi) is 11.5. The Labute approximate surface area is 256 Å². The zero-order valence-electron chi connectivity index (χ0n) is 26.4. The van der Waals surface area contributed by atoms with Gasteiger partial charge in [-0.3, -0.25) is 9.69 Å². The average Bonchev–Trinajstić information content (AvgIpc) is 3.02. The van der Waals surface area contributed by atoms with Gasteiger partial charge in [0.2, 0.25) is 5.91 Å². The van der Waals surface area contributed by atoms with Crippen LogP contribution in [0.1, 0.15) is 34.7 Å². The number of fused-ring (bicyclic) bond motifs is 1. The van der Waals surface area contributed by atoms with Crippen molar-refractivity contribution < 1.29 is 23.7 Å². The molecular weight excluding hydrogens is 544 g/mol. The number of methoxy groups -OCH3 is 4. The van der Waals surface area contributed by atoms with Gasteiger partial charge in [0, 0.05) is 31.4 Å². The number of ether oxygens (including phenoxy) is 4. The highest BCUT2D eigenvalue weighted by Gasteiger charge is 2.31. The van der Waals surface area contributed by atoms with E-state index in [9.17, 15) is 4.79 Å². The van der Waals surface area contributed by atoms with Gasteiger partial charge in [-0.2, -0.15) is 0 Å². The van der Waals surface area contributed by atoms with Crippen LogP contribution in [0.4, 0.5) is 5.69 Å². The van der Waals surface area contributed by atoms with Gasteiger partial charge < -0.3 is 34.5 Å². The standard InChI is InChI=1S/C34H46N4O5/c1-37(2)16-7-15-35-27-11-8-24(9-12-27)22-36-34(39)23-38-17-14-26-20-32(42-5)33(43-6)21-28(26)29(38)18-25-10-13-30(40-3)31(19-25)41-4/h8-13,19-21,29,35H,7,14-18,22-23H2,1-6H3,(H,36,39). The number of nitrogens with one attached hydrogen (secondary N) is 2. The van der Waals surface area contributed by atoms with Crippen molar-refractivity contribution in [3.8, 4) is 23.0 Å². The lowest BCUT2D eigenvalue weighted by Crippen LogP contribution is -2.43. The third kappa shape index (κ3) is 8.55. The predicted octanol–water partition coefficient (Wildman–Crippen LogP) is 4.54. The summed E-state index contributed by atoms with van der Waals surface area (Å²) < 4.78 is 22.2. The Balaban J connectivity index is 1.45. The Bertz CT molecular complexity index is 1350. The van der Waals surface area contributed by atoms with E-state index >= 15 is 0 Å². The second kappa shape index (κ2) is 15.5. The third-order valence-electron chi connectivity index (χ3n) is 7.89. The third-order valence-corrected chi connectivity index (χ3v) is 7.89. The summed E-state index contributed by atoms with van der Waals surface area (Å²) in [6.07, 6.45) is 2.59. The SMILES string of the molecule is COc1ccc(CC2c3cc(OC)c(OC)cc3CCN2CC(=O)NCc2ccc(NCCCN(C)C)cc2)cc1OC. The van der Waals surface area contributed by atoms with Gasteiger partial charge in [-0.05, 0) is 98.6 Å². The molecule has 1 amide bonds. The molecule has 9 nitrogen and oxygen atoms in total. The molecule has 0 aliphatic carbocycles. The Hall–Kier alpha value is -3.95. The lowest BCUT2D eigenvalue weighted by molar-refractivity contribution is -0.123. The van der Waals surface area contributed by atoms with E-state index in [1.807, 2.05) is 12.1 Å². The summed E-state index contributed by atoms with van der Waals surface area (Å²) in [6.45, 7) is 3.50. The molecule has 0 bridgehead atoms. The first kappa shape index (κ1) is 32.0. The highest BCUT2D eigenvalue weighted by molar-refractivity contribution is 5.78. The summed E-state index contributed by atoms with van der Waals surface area (Å²) in [7, 11) is 10.7. The van der Waals surface area contributed by atoms with Crippen LogP contribution in [-0.4, -0.2) is 84.4 Å². The molecule has 0 fully saturated rings. The molecule has 0 spiro atoms. The number of amides is 1. The van der Waals surface area contributed by atoms with E-state index < -0.39 is 0 Å². The van der Waals surface area contributed by atoms with Gasteiger partial charge in [-0.15, -0.1) is 0 Å². The molecule has 1 unspecified atom stereocenters. The average molecular weight is 591 g/mol. The number of hydrogen-bond donors (Lipinski definition) is 2. The zero-order valence-corrected chi connectivity index (χ0v) is 26.4. The van der Waals surface area contributed by atoms with Crippen LogP contribution in [0.25, 0.3) is 0 Å². The van der Waals surface area contributed by atoms with E-state index in [-0.39, 0.29) is 18.5 Å². The summed E-state index contributed by atoms with van der Waals surface area (Å²) in [6, 6.07) is 18.3. The lowest BCUT2D eigenvalue weighted by Gasteiger charge is -2.37. The second-order valence-corrected chi connectivity index (χ2v) is 11.1. The Morgan fingerprint density at radius 1 is 0.860 bits per heavy atom. The van der Waals surface area contributed by atoms with Crippen LogP contribution in [0.15, 0.2) is 54.6 Å². The fourth-order valence-corrected chi connectivity index (χ4v) is 5.55. The number of rotatable bonds is 15. The molecule has 0 saturated heterocycles. The molecule has 3 aromatic carbocycles. The molecule has 1 aliphatic rings. The lowest BCUT2D eigenvalue weighted by atomic mass is 9.88. The molecule has 0 saturated carbocycles. The van der Waals surface area contributed by atoms with Crippen molar-refractivity contribution >= 4 is 11.6 Å². The van der Waals surface area contributed by atoms with Crippen LogP contribution in [0.3, 0.4) is 0 Å². The number of anilines is 1. The van der Waals surface area contributed by atoms with Crippen molar-refractivity contribution in [1.82, 2.24) is 15.1 Å². The Morgan fingerprint density at radius 2 is 1.51 bits per heavy atom. The molecule has 4 rings (SSSR count). The Morgan fingerprint density at radius 3 is 2.19 bits per heavy atom. The molecule has 1 aliphatic heterocycles. The molecule has 232 valence electrons. The minimum atomic E-state index is -0.0368. The molecule has 43 heavy (non-hydrogen) atoms. The van der Waals surface area contributed by atoms with Crippen LogP contribution in [0.5, 0.6) is 23.0 Å². The van der Waals surface area contributed by atoms with Crippen molar-refractivity contribution in [2.45, 2.75) is 31.8 Å².